The number of fused-ring (bicyclic) bond motifs is 1. The van der Waals surface area contributed by atoms with Crippen LogP contribution < -0.4 is 0 Å². The van der Waals surface area contributed by atoms with Crippen molar-refractivity contribution in [3.8, 4) is 0 Å². The molecule has 0 aliphatic carbocycles. The van der Waals surface area contributed by atoms with Gasteiger partial charge in [0, 0.05) is 0 Å². The number of hydrogen-bond donors (Lipinski definition) is 3. The highest BCUT2D eigenvalue weighted by Gasteiger charge is 2.58. The first kappa shape index (κ1) is 19.3. The average Bonchev–Trinajstić information content (AvgIpc) is 2.99. The molecule has 0 amide bonds. The summed E-state index contributed by atoms with van der Waals surface area (Å²) in [6.07, 6.45) is 0.326. The predicted octanol–water partition coefficient (Wildman–Crippen LogP) is 0.629. The fourth-order valence-electron chi connectivity index (χ4n) is 2.83. The van der Waals surface area contributed by atoms with Gasteiger partial charge in [-0.05, 0) is 26.2 Å². The van der Waals surface area contributed by atoms with Crippen LogP contribution in [-0.2, 0) is 23.8 Å². The van der Waals surface area contributed by atoms with Crippen molar-refractivity contribution in [2.75, 3.05) is 26.4 Å². The minimum absolute atomic E-state index is 0.157. The van der Waals surface area contributed by atoms with Crippen LogP contribution in [0.4, 0.5) is 4.79 Å². The van der Waals surface area contributed by atoms with Crippen LogP contribution in [0.3, 0.4) is 0 Å². The van der Waals surface area contributed by atoms with E-state index < -0.39 is 30.1 Å². The number of aliphatic hydroxyl groups excluding tert-OH is 1. The summed E-state index contributed by atoms with van der Waals surface area (Å²) in [6.45, 7) is 2.49. The van der Waals surface area contributed by atoms with Gasteiger partial charge in [0.25, 0.3) is 0 Å². The minimum atomic E-state index is -0.842. The summed E-state index contributed by atoms with van der Waals surface area (Å²) in [5.74, 6) is 0. The van der Waals surface area contributed by atoms with Gasteiger partial charge in [0.15, 0.2) is 6.10 Å². The van der Waals surface area contributed by atoms with Gasteiger partial charge in [-0.1, -0.05) is 6.42 Å². The van der Waals surface area contributed by atoms with E-state index in [4.69, 9.17) is 29.4 Å². The molecule has 2 fully saturated rings. The standard InChI is InChI=1S/C14H25NO9/c1-14-11(16)9-21-12(14)10(8-22-14)24-13(17)20-6-4-2-3-5-7-23-15(18)19/h10-12,16,18-19H,2-9H2,1H3/t10-,11-,12-,14-/m1/s1. The third-order valence-electron chi connectivity index (χ3n) is 4.27. The summed E-state index contributed by atoms with van der Waals surface area (Å²) in [6, 6.07) is 0. The monoisotopic (exact) mass is 351 g/mol. The van der Waals surface area contributed by atoms with Crippen molar-refractivity contribution in [1.82, 2.24) is 5.39 Å². The zero-order valence-electron chi connectivity index (χ0n) is 13.6. The van der Waals surface area contributed by atoms with Crippen LogP contribution >= 0.6 is 0 Å². The molecule has 0 aromatic carbocycles. The first-order chi connectivity index (χ1) is 11.4. The molecule has 0 aromatic heterocycles. The van der Waals surface area contributed by atoms with Crippen LogP contribution in [0.15, 0.2) is 0 Å². The molecule has 10 nitrogen and oxygen atoms in total. The lowest BCUT2D eigenvalue weighted by Gasteiger charge is -2.25. The Hall–Kier alpha value is -1.01. The van der Waals surface area contributed by atoms with Crippen LogP contribution in [0.2, 0.25) is 0 Å². The molecule has 10 heteroatoms. The molecule has 0 saturated carbocycles. The Kier molecular flexibility index (Phi) is 7.16. The highest BCUT2D eigenvalue weighted by Crippen LogP contribution is 2.38. The third kappa shape index (κ3) is 4.99. The molecule has 0 aromatic rings. The maximum absolute atomic E-state index is 11.7. The second-order valence-corrected chi connectivity index (χ2v) is 6.02. The number of ether oxygens (including phenoxy) is 4. The Morgan fingerprint density at radius 3 is 2.62 bits per heavy atom. The molecular weight excluding hydrogens is 326 g/mol. The number of unbranched alkanes of at least 4 members (excludes halogenated alkanes) is 3. The Bertz CT molecular complexity index is 408. The first-order valence-corrected chi connectivity index (χ1v) is 8.01. The van der Waals surface area contributed by atoms with Gasteiger partial charge < -0.3 is 24.1 Å². The second-order valence-electron chi connectivity index (χ2n) is 6.02. The van der Waals surface area contributed by atoms with Gasteiger partial charge in [-0.15, -0.1) is 0 Å². The van der Waals surface area contributed by atoms with Crippen molar-refractivity contribution < 1.29 is 44.1 Å². The number of carbonyl (C=O) groups is 1. The molecule has 2 aliphatic rings. The normalized spacial score (nSPS) is 32.1. The molecule has 24 heavy (non-hydrogen) atoms. The summed E-state index contributed by atoms with van der Waals surface area (Å²) in [5, 5.41) is 26.2. The topological polar surface area (TPSA) is 127 Å². The number of aliphatic hydroxyl groups is 1. The van der Waals surface area contributed by atoms with E-state index in [1.807, 2.05) is 0 Å². The number of carbonyl (C=O) groups excluding carboxylic acids is 1. The quantitative estimate of drug-likeness (QED) is 0.309. The van der Waals surface area contributed by atoms with E-state index >= 15 is 0 Å². The van der Waals surface area contributed by atoms with Crippen molar-refractivity contribution in [2.45, 2.75) is 56.5 Å². The lowest BCUT2D eigenvalue weighted by atomic mass is 9.95. The molecule has 0 bridgehead atoms. The van der Waals surface area contributed by atoms with E-state index in [2.05, 4.69) is 4.84 Å². The maximum Gasteiger partial charge on any atom is 0.508 e. The van der Waals surface area contributed by atoms with Gasteiger partial charge in [-0.2, -0.15) is 0 Å². The minimum Gasteiger partial charge on any atom is -0.434 e. The van der Waals surface area contributed by atoms with Gasteiger partial charge >= 0.3 is 6.16 Å². The van der Waals surface area contributed by atoms with Crippen molar-refractivity contribution in [3.63, 3.8) is 0 Å². The van der Waals surface area contributed by atoms with Gasteiger partial charge in [-0.3, -0.25) is 15.3 Å². The van der Waals surface area contributed by atoms with Crippen LogP contribution in [0.1, 0.15) is 32.6 Å². The highest BCUT2D eigenvalue weighted by molar-refractivity contribution is 5.60. The van der Waals surface area contributed by atoms with Crippen LogP contribution in [-0.4, -0.2) is 77.4 Å². The largest absolute Gasteiger partial charge is 0.508 e. The lowest BCUT2D eigenvalue weighted by molar-refractivity contribution is -0.492. The fourth-order valence-corrected chi connectivity index (χ4v) is 2.83. The van der Waals surface area contributed by atoms with Crippen LogP contribution in [0.25, 0.3) is 0 Å². The zero-order valence-corrected chi connectivity index (χ0v) is 13.6. The summed E-state index contributed by atoms with van der Waals surface area (Å²) < 4.78 is 21.2. The summed E-state index contributed by atoms with van der Waals surface area (Å²) in [5.41, 5.74) is -0.842. The molecule has 0 radical (unpaired) electrons. The summed E-state index contributed by atoms with van der Waals surface area (Å²) >= 11 is 0. The van der Waals surface area contributed by atoms with E-state index in [1.165, 1.54) is 0 Å². The Labute approximate surface area is 139 Å². The molecule has 0 unspecified atom stereocenters. The van der Waals surface area contributed by atoms with E-state index in [0.29, 0.717) is 12.8 Å². The number of rotatable bonds is 9. The van der Waals surface area contributed by atoms with Crippen molar-refractivity contribution >= 4 is 6.16 Å². The van der Waals surface area contributed by atoms with Gasteiger partial charge in [0.2, 0.25) is 0 Å². The Morgan fingerprint density at radius 2 is 1.92 bits per heavy atom. The molecule has 3 N–H and O–H groups in total. The molecule has 2 saturated heterocycles. The molecule has 2 heterocycles. The van der Waals surface area contributed by atoms with Gasteiger partial charge in [-0.25, -0.2) is 4.79 Å². The van der Waals surface area contributed by atoms with Crippen molar-refractivity contribution in [1.29, 1.82) is 0 Å². The van der Waals surface area contributed by atoms with E-state index in [1.54, 1.807) is 6.92 Å². The van der Waals surface area contributed by atoms with E-state index in [-0.39, 0.29) is 31.8 Å². The first-order valence-electron chi connectivity index (χ1n) is 8.01. The molecular formula is C14H25NO9. The lowest BCUT2D eigenvalue weighted by Crippen LogP contribution is -2.44. The molecule has 140 valence electrons. The Balaban J connectivity index is 1.53. The molecule has 2 aliphatic heterocycles. The zero-order chi connectivity index (χ0) is 17.6. The SMILES string of the molecule is C[C@]12OC[C@@H](OC(=O)OCCCCCCON(O)O)[C@H]1OC[C@H]2O. The molecule has 2 rings (SSSR count). The second kappa shape index (κ2) is 8.90. The fraction of sp³-hybridized carbons (Fsp3) is 0.929. The highest BCUT2D eigenvalue weighted by atomic mass is 17.1. The predicted molar refractivity (Wildman–Crippen MR) is 76.2 cm³/mol. The summed E-state index contributed by atoms with van der Waals surface area (Å²) in [7, 11) is 0. The smallest absolute Gasteiger partial charge is 0.434 e. The van der Waals surface area contributed by atoms with Crippen LogP contribution in [0.5, 0.6) is 0 Å². The molecule has 4 atom stereocenters. The third-order valence-corrected chi connectivity index (χ3v) is 4.27. The van der Waals surface area contributed by atoms with Crippen LogP contribution in [0, 0.1) is 0 Å². The van der Waals surface area contributed by atoms with E-state index in [0.717, 1.165) is 12.8 Å². The number of nitrogens with zero attached hydrogens (tertiary/aromatic N) is 1. The van der Waals surface area contributed by atoms with Gasteiger partial charge in [0.1, 0.15) is 17.8 Å². The molecule has 0 spiro atoms. The van der Waals surface area contributed by atoms with E-state index in [9.17, 15) is 9.90 Å². The van der Waals surface area contributed by atoms with Gasteiger partial charge in [0.05, 0.1) is 31.8 Å². The number of hydrogen-bond acceptors (Lipinski definition) is 10. The Morgan fingerprint density at radius 1 is 1.21 bits per heavy atom. The summed E-state index contributed by atoms with van der Waals surface area (Å²) in [4.78, 5) is 16.1. The van der Waals surface area contributed by atoms with Crippen molar-refractivity contribution in [3.05, 3.63) is 0 Å². The van der Waals surface area contributed by atoms with Crippen molar-refractivity contribution in [2.24, 2.45) is 0 Å². The average molecular weight is 351 g/mol. The maximum atomic E-state index is 11.7.